The summed E-state index contributed by atoms with van der Waals surface area (Å²) in [7, 11) is 3.95. The number of pyridine rings is 1. The van der Waals surface area contributed by atoms with Gasteiger partial charge in [-0.3, -0.25) is 9.88 Å². The highest BCUT2D eigenvalue weighted by molar-refractivity contribution is 7.16. The van der Waals surface area contributed by atoms with Gasteiger partial charge < -0.3 is 15.0 Å². The van der Waals surface area contributed by atoms with Crippen LogP contribution in [0.3, 0.4) is 0 Å². The molecule has 1 atom stereocenters. The summed E-state index contributed by atoms with van der Waals surface area (Å²) in [5, 5.41) is 7.77. The molecule has 6 nitrogen and oxygen atoms in total. The van der Waals surface area contributed by atoms with Gasteiger partial charge in [-0.1, -0.05) is 12.1 Å². The molecule has 0 radical (unpaired) electrons. The van der Waals surface area contributed by atoms with Crippen molar-refractivity contribution >= 4 is 28.2 Å². The molecular weight excluding hydrogens is 418 g/mol. The Hall–Kier alpha value is -2.90. The largest absolute Gasteiger partial charge is 0.497 e. The Bertz CT molecular complexity index is 1220. The van der Waals surface area contributed by atoms with Gasteiger partial charge in [0.2, 0.25) is 0 Å². The Morgan fingerprint density at radius 1 is 1.19 bits per heavy atom. The van der Waals surface area contributed by atoms with Gasteiger partial charge in [0.1, 0.15) is 16.4 Å². The van der Waals surface area contributed by atoms with Gasteiger partial charge in [-0.25, -0.2) is 4.98 Å². The molecule has 3 aromatic rings. The van der Waals surface area contributed by atoms with Crippen molar-refractivity contribution in [1.29, 1.82) is 0 Å². The van der Waals surface area contributed by atoms with Crippen LogP contribution in [0.1, 0.15) is 22.7 Å². The van der Waals surface area contributed by atoms with Crippen LogP contribution in [0.2, 0.25) is 0 Å². The predicted octanol–water partition coefficient (Wildman–Crippen LogP) is 2.42. The highest BCUT2D eigenvalue weighted by atomic mass is 32.1. The standard InChI is InChI=1S/C25H29N5OS/c1-17-28-23-24(22-19(5-4-12-26-22)15-27-25(23)32-17)30-14-13-29(2)20(16-30)9-6-18-7-10-21(31-3)11-8-18/h4-5,7-8,10-12,15,20,27H,6,9,13-14,16H2,1-3H3. The van der Waals surface area contributed by atoms with Crippen molar-refractivity contribution < 1.29 is 4.74 Å². The first-order chi connectivity index (χ1) is 15.6. The number of benzene rings is 1. The molecule has 166 valence electrons. The number of aromatic nitrogens is 2. The van der Waals surface area contributed by atoms with E-state index in [1.54, 1.807) is 18.4 Å². The van der Waals surface area contributed by atoms with E-state index in [4.69, 9.17) is 14.7 Å². The van der Waals surface area contributed by atoms with E-state index in [0.717, 1.165) is 70.2 Å². The number of anilines is 1. The molecule has 1 fully saturated rings. The second-order valence-electron chi connectivity index (χ2n) is 8.46. The van der Waals surface area contributed by atoms with E-state index in [9.17, 15) is 0 Å². The minimum atomic E-state index is 0.467. The van der Waals surface area contributed by atoms with Crippen molar-refractivity contribution in [1.82, 2.24) is 19.8 Å². The summed E-state index contributed by atoms with van der Waals surface area (Å²) in [5.74, 6) is 0.908. The molecule has 0 saturated carbocycles. The maximum absolute atomic E-state index is 5.29. The first kappa shape index (κ1) is 21.0. The lowest BCUT2D eigenvalue weighted by Crippen LogP contribution is -2.52. The fraction of sp³-hybridized carbons (Fsp3) is 0.360. The van der Waals surface area contributed by atoms with Crippen LogP contribution in [0.5, 0.6) is 5.75 Å². The topological polar surface area (TPSA) is 53.5 Å². The number of nitrogens with one attached hydrogen (secondary N) is 1. The van der Waals surface area contributed by atoms with Crippen LogP contribution in [0.4, 0.5) is 5.00 Å². The normalized spacial score (nSPS) is 18.3. The quantitative estimate of drug-likeness (QED) is 0.648. The molecule has 0 amide bonds. The van der Waals surface area contributed by atoms with Crippen LogP contribution in [-0.2, 0) is 6.42 Å². The Morgan fingerprint density at radius 2 is 2.03 bits per heavy atom. The SMILES string of the molecule is COc1ccc(CCC2CN(C3=c4ncccc4=CNc4sc(C)nc43)CCN2C)cc1. The number of ether oxygens (including phenoxy) is 1. The average molecular weight is 448 g/mol. The molecule has 0 spiro atoms. The Balaban J connectivity index is 1.44. The Morgan fingerprint density at radius 3 is 2.84 bits per heavy atom. The highest BCUT2D eigenvalue weighted by Gasteiger charge is 2.29. The minimum Gasteiger partial charge on any atom is -0.497 e. The zero-order chi connectivity index (χ0) is 22.1. The van der Waals surface area contributed by atoms with E-state index in [2.05, 4.69) is 53.5 Å². The number of methoxy groups -OCH3 is 1. The third-order valence-corrected chi connectivity index (χ3v) is 7.30. The Kier molecular flexibility index (Phi) is 5.85. The van der Waals surface area contributed by atoms with Gasteiger partial charge in [-0.05, 0) is 56.6 Å². The molecule has 1 unspecified atom stereocenters. The van der Waals surface area contributed by atoms with Gasteiger partial charge in [0.15, 0.2) is 0 Å². The number of rotatable bonds is 5. The second kappa shape index (κ2) is 8.92. The van der Waals surface area contributed by atoms with Gasteiger partial charge in [0.25, 0.3) is 0 Å². The molecular formula is C25H29N5OS. The highest BCUT2D eigenvalue weighted by Crippen LogP contribution is 2.32. The summed E-state index contributed by atoms with van der Waals surface area (Å²) in [5.41, 5.74) is 3.53. The van der Waals surface area contributed by atoms with Gasteiger partial charge in [0.05, 0.1) is 23.2 Å². The smallest absolute Gasteiger partial charge is 0.124 e. The first-order valence-electron chi connectivity index (χ1n) is 11.1. The number of aryl methyl sites for hydroxylation is 2. The number of hydrogen-bond acceptors (Lipinski definition) is 7. The van der Waals surface area contributed by atoms with Gasteiger partial charge in [-0.2, -0.15) is 0 Å². The maximum Gasteiger partial charge on any atom is 0.124 e. The van der Waals surface area contributed by atoms with Crippen LogP contribution in [-0.4, -0.2) is 59.6 Å². The van der Waals surface area contributed by atoms with Crippen LogP contribution < -0.4 is 20.6 Å². The van der Waals surface area contributed by atoms with E-state index in [0.29, 0.717) is 6.04 Å². The number of thiazole rings is 1. The van der Waals surface area contributed by atoms with Gasteiger partial charge in [-0.15, -0.1) is 11.3 Å². The third kappa shape index (κ3) is 4.10. The summed E-state index contributed by atoms with van der Waals surface area (Å²) in [6.07, 6.45) is 6.10. The summed E-state index contributed by atoms with van der Waals surface area (Å²) >= 11 is 1.70. The lowest BCUT2D eigenvalue weighted by molar-refractivity contribution is 0.127. The van der Waals surface area contributed by atoms with E-state index in [1.165, 1.54) is 5.56 Å². The summed E-state index contributed by atoms with van der Waals surface area (Å²) in [6, 6.07) is 13.0. The molecule has 32 heavy (non-hydrogen) atoms. The lowest BCUT2D eigenvalue weighted by atomic mass is 10.0. The first-order valence-corrected chi connectivity index (χ1v) is 11.9. The molecule has 5 rings (SSSR count). The number of piperazine rings is 1. The number of nitrogens with zero attached hydrogens (tertiary/aromatic N) is 4. The van der Waals surface area contributed by atoms with Gasteiger partial charge >= 0.3 is 0 Å². The van der Waals surface area contributed by atoms with Crippen molar-refractivity contribution in [3.05, 3.63) is 69.4 Å². The molecule has 7 heteroatoms. The fourth-order valence-corrected chi connectivity index (χ4v) is 5.35. The molecule has 0 bridgehead atoms. The van der Waals surface area contributed by atoms with Crippen molar-refractivity contribution in [3.8, 4) is 5.75 Å². The van der Waals surface area contributed by atoms with Crippen LogP contribution in [0.15, 0.2) is 42.6 Å². The van der Waals surface area contributed by atoms with E-state index >= 15 is 0 Å². The second-order valence-corrected chi connectivity index (χ2v) is 9.66. The lowest BCUT2D eigenvalue weighted by Gasteiger charge is -2.41. The molecule has 1 aromatic carbocycles. The molecule has 2 aliphatic rings. The van der Waals surface area contributed by atoms with E-state index in [-0.39, 0.29) is 0 Å². The summed E-state index contributed by atoms with van der Waals surface area (Å²) < 4.78 is 5.29. The monoisotopic (exact) mass is 447 g/mol. The Labute approximate surface area is 192 Å². The van der Waals surface area contributed by atoms with E-state index in [1.807, 2.05) is 24.4 Å². The number of likely N-dealkylation sites (N-methyl/N-ethyl adjacent to an activating group) is 1. The molecule has 1 saturated heterocycles. The average Bonchev–Trinajstić information content (AvgIpc) is 3.11. The summed E-state index contributed by atoms with van der Waals surface area (Å²) in [4.78, 5) is 14.7. The molecule has 0 aliphatic carbocycles. The predicted molar refractivity (Wildman–Crippen MR) is 130 cm³/mol. The molecule has 4 heterocycles. The summed E-state index contributed by atoms with van der Waals surface area (Å²) in [6.45, 7) is 5.03. The number of fused-ring (bicyclic) bond motifs is 2. The van der Waals surface area contributed by atoms with Crippen molar-refractivity contribution in [2.75, 3.05) is 39.1 Å². The fourth-order valence-electron chi connectivity index (χ4n) is 4.56. The van der Waals surface area contributed by atoms with Crippen LogP contribution in [0, 0.1) is 6.92 Å². The van der Waals surface area contributed by atoms with Crippen LogP contribution in [0.25, 0.3) is 11.9 Å². The third-order valence-electron chi connectivity index (χ3n) is 6.40. The zero-order valence-corrected chi connectivity index (χ0v) is 19.7. The minimum absolute atomic E-state index is 0.467. The molecule has 2 aliphatic heterocycles. The number of hydrogen-bond donors (Lipinski definition) is 1. The zero-order valence-electron chi connectivity index (χ0n) is 18.8. The van der Waals surface area contributed by atoms with Gasteiger partial charge in [0, 0.05) is 43.3 Å². The van der Waals surface area contributed by atoms with Crippen molar-refractivity contribution in [2.45, 2.75) is 25.8 Å². The maximum atomic E-state index is 5.29. The van der Waals surface area contributed by atoms with Crippen molar-refractivity contribution in [2.24, 2.45) is 0 Å². The van der Waals surface area contributed by atoms with Crippen molar-refractivity contribution in [3.63, 3.8) is 0 Å². The molecule has 2 aromatic heterocycles. The van der Waals surface area contributed by atoms with E-state index < -0.39 is 0 Å². The van der Waals surface area contributed by atoms with Crippen LogP contribution >= 0.6 is 11.3 Å². The molecule has 1 N–H and O–H groups in total.